The summed E-state index contributed by atoms with van der Waals surface area (Å²) in [5.41, 5.74) is 5.26. The molecular formula is C10H18N2O5S. The van der Waals surface area contributed by atoms with Crippen molar-refractivity contribution < 1.29 is 24.6 Å². The number of hydrogen-bond donors (Lipinski definition) is 4. The van der Waals surface area contributed by atoms with Gasteiger partial charge in [0.25, 0.3) is 0 Å². The maximum Gasteiger partial charge on any atom is 0.320 e. The van der Waals surface area contributed by atoms with Crippen LogP contribution in [0.15, 0.2) is 0 Å². The Kier molecular flexibility index (Phi) is 8.14. The number of aliphatic carboxylic acids is 2. The first-order valence-corrected chi connectivity index (χ1v) is 6.74. The van der Waals surface area contributed by atoms with Crippen molar-refractivity contribution in [1.29, 1.82) is 0 Å². The van der Waals surface area contributed by atoms with Crippen molar-refractivity contribution in [1.82, 2.24) is 5.32 Å². The van der Waals surface area contributed by atoms with Crippen LogP contribution in [0.1, 0.15) is 19.3 Å². The van der Waals surface area contributed by atoms with Gasteiger partial charge >= 0.3 is 11.9 Å². The van der Waals surface area contributed by atoms with Gasteiger partial charge in [0.15, 0.2) is 0 Å². The molecule has 7 nitrogen and oxygen atoms in total. The summed E-state index contributed by atoms with van der Waals surface area (Å²) >= 11 is 1.43. The maximum atomic E-state index is 11.5. The Labute approximate surface area is 109 Å². The highest BCUT2D eigenvalue weighted by molar-refractivity contribution is 7.98. The molecule has 0 saturated heterocycles. The molecule has 0 rings (SSSR count). The molecule has 0 aliphatic carbocycles. The summed E-state index contributed by atoms with van der Waals surface area (Å²) in [5, 5.41) is 19.8. The van der Waals surface area contributed by atoms with Gasteiger partial charge in [-0.05, 0) is 12.7 Å². The molecule has 2 atom stereocenters. The summed E-state index contributed by atoms with van der Waals surface area (Å²) in [4.78, 5) is 32.5. The van der Waals surface area contributed by atoms with E-state index < -0.39 is 24.0 Å². The summed E-state index contributed by atoms with van der Waals surface area (Å²) in [6, 6.07) is -1.53. The number of rotatable bonds is 9. The molecule has 0 aliphatic rings. The SMILES string of the molecule is CSC[C@H](CC(=O)O)NC(=O)CC[C@H](N)C(=O)O. The van der Waals surface area contributed by atoms with Gasteiger partial charge in [0.05, 0.1) is 6.42 Å². The molecule has 0 unspecified atom stereocenters. The van der Waals surface area contributed by atoms with Crippen LogP contribution in [0.4, 0.5) is 0 Å². The van der Waals surface area contributed by atoms with E-state index in [0.29, 0.717) is 5.75 Å². The lowest BCUT2D eigenvalue weighted by atomic mass is 10.1. The quantitative estimate of drug-likeness (QED) is 0.447. The molecule has 0 heterocycles. The molecule has 104 valence electrons. The summed E-state index contributed by atoms with van der Waals surface area (Å²) in [6.07, 6.45) is 1.65. The first-order valence-electron chi connectivity index (χ1n) is 5.35. The van der Waals surface area contributed by atoms with Crippen LogP contribution in [0.5, 0.6) is 0 Å². The third-order valence-electron chi connectivity index (χ3n) is 2.15. The number of thioether (sulfide) groups is 1. The minimum atomic E-state index is -1.16. The van der Waals surface area contributed by atoms with Gasteiger partial charge in [0.2, 0.25) is 5.91 Å². The second-order valence-corrected chi connectivity index (χ2v) is 4.71. The minimum absolute atomic E-state index is 0.0280. The van der Waals surface area contributed by atoms with Crippen LogP contribution < -0.4 is 11.1 Å². The molecule has 0 spiro atoms. The zero-order valence-corrected chi connectivity index (χ0v) is 10.9. The van der Waals surface area contributed by atoms with Crippen LogP contribution in [-0.2, 0) is 14.4 Å². The van der Waals surface area contributed by atoms with E-state index in [0.717, 1.165) is 0 Å². The van der Waals surface area contributed by atoms with E-state index in [9.17, 15) is 14.4 Å². The van der Waals surface area contributed by atoms with Crippen molar-refractivity contribution in [3.05, 3.63) is 0 Å². The average molecular weight is 278 g/mol. The van der Waals surface area contributed by atoms with Gasteiger partial charge < -0.3 is 21.3 Å². The average Bonchev–Trinajstić information content (AvgIpc) is 2.25. The maximum absolute atomic E-state index is 11.5. The topological polar surface area (TPSA) is 130 Å². The molecule has 18 heavy (non-hydrogen) atoms. The smallest absolute Gasteiger partial charge is 0.320 e. The molecule has 5 N–H and O–H groups in total. The predicted octanol–water partition coefficient (Wildman–Crippen LogP) is -0.499. The van der Waals surface area contributed by atoms with Gasteiger partial charge in [-0.2, -0.15) is 11.8 Å². The van der Waals surface area contributed by atoms with E-state index >= 15 is 0 Å². The third-order valence-corrected chi connectivity index (χ3v) is 2.89. The Morgan fingerprint density at radius 1 is 1.33 bits per heavy atom. The Hall–Kier alpha value is -1.28. The molecule has 0 aromatic rings. The van der Waals surface area contributed by atoms with Gasteiger partial charge in [-0.3, -0.25) is 14.4 Å². The van der Waals surface area contributed by atoms with Crippen molar-refractivity contribution in [2.45, 2.75) is 31.3 Å². The van der Waals surface area contributed by atoms with Gasteiger partial charge in [-0.1, -0.05) is 0 Å². The first kappa shape index (κ1) is 16.7. The summed E-state index contributed by atoms with van der Waals surface area (Å²) in [6.45, 7) is 0. The number of carboxylic acid groups (broad SMARTS) is 2. The first-order chi connectivity index (χ1) is 8.36. The molecule has 0 aromatic heterocycles. The number of nitrogens with one attached hydrogen (secondary N) is 1. The van der Waals surface area contributed by atoms with Crippen LogP contribution in [0, 0.1) is 0 Å². The van der Waals surface area contributed by atoms with Crippen LogP contribution in [0.2, 0.25) is 0 Å². The van der Waals surface area contributed by atoms with Gasteiger partial charge in [-0.25, -0.2) is 0 Å². The lowest BCUT2D eigenvalue weighted by molar-refractivity contribution is -0.139. The molecule has 8 heteroatoms. The molecule has 0 fully saturated rings. The Balaban J connectivity index is 4.09. The number of hydrogen-bond acceptors (Lipinski definition) is 5. The van der Waals surface area contributed by atoms with E-state index in [1.165, 1.54) is 11.8 Å². The highest BCUT2D eigenvalue weighted by atomic mass is 32.2. The summed E-state index contributed by atoms with van der Waals surface area (Å²) in [5.74, 6) is -2.04. The molecule has 0 aliphatic heterocycles. The summed E-state index contributed by atoms with van der Waals surface area (Å²) < 4.78 is 0. The van der Waals surface area contributed by atoms with Crippen LogP contribution in [0.3, 0.4) is 0 Å². The van der Waals surface area contributed by atoms with E-state index in [1.54, 1.807) is 6.26 Å². The van der Waals surface area contributed by atoms with Crippen molar-refractivity contribution in [3.8, 4) is 0 Å². The fraction of sp³-hybridized carbons (Fsp3) is 0.700. The zero-order valence-electron chi connectivity index (χ0n) is 10.1. The second kappa shape index (κ2) is 8.76. The number of carbonyl (C=O) groups excluding carboxylic acids is 1. The molecule has 0 radical (unpaired) electrons. The molecule has 0 aromatic carbocycles. The monoisotopic (exact) mass is 278 g/mol. The van der Waals surface area contributed by atoms with E-state index in [1.807, 2.05) is 0 Å². The Morgan fingerprint density at radius 3 is 2.39 bits per heavy atom. The van der Waals surface area contributed by atoms with Gasteiger partial charge in [-0.15, -0.1) is 0 Å². The normalized spacial score (nSPS) is 13.7. The number of carbonyl (C=O) groups is 3. The fourth-order valence-electron chi connectivity index (χ4n) is 1.27. The molecule has 0 bridgehead atoms. The minimum Gasteiger partial charge on any atom is -0.481 e. The van der Waals surface area contributed by atoms with Crippen molar-refractivity contribution in [2.75, 3.05) is 12.0 Å². The summed E-state index contributed by atoms with van der Waals surface area (Å²) in [7, 11) is 0. The Bertz CT molecular complexity index is 311. The highest BCUT2D eigenvalue weighted by Gasteiger charge is 2.17. The van der Waals surface area contributed by atoms with Crippen molar-refractivity contribution in [2.24, 2.45) is 5.73 Å². The number of carboxylic acids is 2. The van der Waals surface area contributed by atoms with Crippen molar-refractivity contribution in [3.63, 3.8) is 0 Å². The molecule has 0 saturated carbocycles. The van der Waals surface area contributed by atoms with Crippen LogP contribution in [-0.4, -0.2) is 52.2 Å². The van der Waals surface area contributed by atoms with Crippen molar-refractivity contribution >= 4 is 29.6 Å². The molecule has 1 amide bonds. The largest absolute Gasteiger partial charge is 0.481 e. The lowest BCUT2D eigenvalue weighted by Gasteiger charge is -2.16. The van der Waals surface area contributed by atoms with Gasteiger partial charge in [0, 0.05) is 18.2 Å². The van der Waals surface area contributed by atoms with E-state index in [2.05, 4.69) is 5.32 Å². The second-order valence-electron chi connectivity index (χ2n) is 3.80. The Morgan fingerprint density at radius 2 is 1.94 bits per heavy atom. The third kappa shape index (κ3) is 7.91. The van der Waals surface area contributed by atoms with E-state index in [4.69, 9.17) is 15.9 Å². The standard InChI is InChI=1S/C10H18N2O5S/c1-18-5-6(4-9(14)15)12-8(13)3-2-7(11)10(16)17/h6-7H,2-5,11H2,1H3,(H,12,13)(H,14,15)(H,16,17)/t6-,7-/m0/s1. The van der Waals surface area contributed by atoms with E-state index in [-0.39, 0.29) is 25.2 Å². The van der Waals surface area contributed by atoms with Gasteiger partial charge in [0.1, 0.15) is 6.04 Å². The predicted molar refractivity (Wildman–Crippen MR) is 67.4 cm³/mol. The number of amides is 1. The van der Waals surface area contributed by atoms with Crippen LogP contribution in [0.25, 0.3) is 0 Å². The molecular weight excluding hydrogens is 260 g/mol. The zero-order chi connectivity index (χ0) is 14.1. The lowest BCUT2D eigenvalue weighted by Crippen LogP contribution is -2.39. The van der Waals surface area contributed by atoms with Crippen LogP contribution >= 0.6 is 11.8 Å². The number of nitrogens with two attached hydrogens (primary N) is 1. The fourth-order valence-corrected chi connectivity index (χ4v) is 1.88. The highest BCUT2D eigenvalue weighted by Crippen LogP contribution is 2.03.